The summed E-state index contributed by atoms with van der Waals surface area (Å²) in [5.41, 5.74) is 2.89. The lowest BCUT2D eigenvalue weighted by atomic mass is 9.98. The number of aryl methyl sites for hydroxylation is 1. The number of carbonyl (C=O) groups excluding carboxylic acids is 3. The largest absolute Gasteiger partial charge is 0.445 e. The zero-order chi connectivity index (χ0) is 23.8. The van der Waals surface area contributed by atoms with E-state index in [1.165, 1.54) is 0 Å². The Balaban J connectivity index is 1.61. The van der Waals surface area contributed by atoms with Crippen molar-refractivity contribution in [2.24, 2.45) is 5.92 Å². The van der Waals surface area contributed by atoms with Crippen molar-refractivity contribution in [3.63, 3.8) is 0 Å². The molecule has 2 N–H and O–H groups in total. The maximum atomic E-state index is 13.1. The summed E-state index contributed by atoms with van der Waals surface area (Å²) < 4.78 is 5.28. The number of rotatable bonds is 8. The highest BCUT2D eigenvalue weighted by Gasteiger charge is 2.31. The maximum Gasteiger partial charge on any atom is 0.408 e. The van der Waals surface area contributed by atoms with Gasteiger partial charge in [-0.05, 0) is 42.9 Å². The van der Waals surface area contributed by atoms with E-state index in [0.29, 0.717) is 13.0 Å². The fourth-order valence-corrected chi connectivity index (χ4v) is 3.95. The highest BCUT2D eigenvalue weighted by atomic mass is 16.5. The number of carbonyl (C=O) groups is 3. The lowest BCUT2D eigenvalue weighted by Gasteiger charge is -2.32. The number of nitrogens with zero attached hydrogens (tertiary/aromatic N) is 1. The molecule has 7 heteroatoms. The number of hydrogen-bond acceptors (Lipinski definition) is 4. The minimum atomic E-state index is -0.804. The molecular formula is C26H33N3O4. The van der Waals surface area contributed by atoms with Crippen LogP contribution >= 0.6 is 0 Å². The van der Waals surface area contributed by atoms with Crippen molar-refractivity contribution in [1.82, 2.24) is 10.6 Å². The van der Waals surface area contributed by atoms with Gasteiger partial charge in [0.05, 0.1) is 0 Å². The van der Waals surface area contributed by atoms with Gasteiger partial charge in [0.25, 0.3) is 0 Å². The van der Waals surface area contributed by atoms with E-state index in [-0.39, 0.29) is 18.4 Å². The Bertz CT molecular complexity index is 963. The third-order valence-corrected chi connectivity index (χ3v) is 6.09. The number of nitrogens with one attached hydrogen (secondary N) is 2. The van der Waals surface area contributed by atoms with E-state index in [0.717, 1.165) is 29.7 Å². The summed E-state index contributed by atoms with van der Waals surface area (Å²) in [5.74, 6) is -0.690. The van der Waals surface area contributed by atoms with Gasteiger partial charge in [-0.1, -0.05) is 68.8 Å². The van der Waals surface area contributed by atoms with Crippen LogP contribution in [0.2, 0.25) is 0 Å². The number of fused-ring (bicyclic) bond motifs is 1. The van der Waals surface area contributed by atoms with E-state index in [2.05, 4.69) is 10.6 Å². The standard InChI is InChI=1S/C26H33N3O4/c1-4-18(2)23(28-26(32)33-17-20-11-6-5-7-12-20)24(30)27-19(3)25(31)29-16-10-14-21-13-8-9-15-22(21)29/h5-9,11-13,15,18-19,23H,4,10,14,16-17H2,1-3H3,(H,27,30)(H,28,32)/t18-,19?,23-/m0/s1. The van der Waals surface area contributed by atoms with Crippen LogP contribution in [0.5, 0.6) is 0 Å². The lowest BCUT2D eigenvalue weighted by molar-refractivity contribution is -0.129. The van der Waals surface area contributed by atoms with Crippen LogP contribution in [0.4, 0.5) is 10.5 Å². The number of alkyl carbamates (subject to hydrolysis) is 1. The quantitative estimate of drug-likeness (QED) is 0.639. The molecular weight excluding hydrogens is 418 g/mol. The molecule has 2 aromatic carbocycles. The van der Waals surface area contributed by atoms with Gasteiger partial charge in [0, 0.05) is 12.2 Å². The number of hydrogen-bond donors (Lipinski definition) is 2. The minimum Gasteiger partial charge on any atom is -0.445 e. The molecule has 1 unspecified atom stereocenters. The van der Waals surface area contributed by atoms with Crippen molar-refractivity contribution in [3.05, 3.63) is 65.7 Å². The van der Waals surface area contributed by atoms with Gasteiger partial charge in [-0.25, -0.2) is 4.79 Å². The Hall–Kier alpha value is -3.35. The number of ether oxygens (including phenoxy) is 1. The van der Waals surface area contributed by atoms with Gasteiger partial charge in [0.2, 0.25) is 11.8 Å². The molecule has 0 fully saturated rings. The number of benzene rings is 2. The molecule has 1 heterocycles. The topological polar surface area (TPSA) is 87.7 Å². The zero-order valence-corrected chi connectivity index (χ0v) is 19.5. The minimum absolute atomic E-state index is 0.116. The smallest absolute Gasteiger partial charge is 0.408 e. The van der Waals surface area contributed by atoms with E-state index in [1.54, 1.807) is 11.8 Å². The Morgan fingerprint density at radius 2 is 1.70 bits per heavy atom. The Morgan fingerprint density at radius 3 is 2.42 bits per heavy atom. The Kier molecular flexibility index (Phi) is 8.46. The molecule has 0 saturated heterocycles. The second kappa shape index (κ2) is 11.5. The van der Waals surface area contributed by atoms with Gasteiger partial charge in [-0.2, -0.15) is 0 Å². The second-order valence-electron chi connectivity index (χ2n) is 8.52. The van der Waals surface area contributed by atoms with E-state index in [4.69, 9.17) is 4.74 Å². The molecule has 33 heavy (non-hydrogen) atoms. The van der Waals surface area contributed by atoms with Gasteiger partial charge in [-0.3, -0.25) is 9.59 Å². The average Bonchev–Trinajstić information content (AvgIpc) is 2.85. The summed E-state index contributed by atoms with van der Waals surface area (Å²) in [7, 11) is 0. The normalized spacial score (nSPS) is 15.5. The molecule has 0 bridgehead atoms. The molecule has 0 aliphatic carbocycles. The van der Waals surface area contributed by atoms with Crippen molar-refractivity contribution >= 4 is 23.6 Å². The van der Waals surface area contributed by atoms with Crippen molar-refractivity contribution in [2.75, 3.05) is 11.4 Å². The average molecular weight is 452 g/mol. The first-order chi connectivity index (χ1) is 15.9. The van der Waals surface area contributed by atoms with Gasteiger partial charge < -0.3 is 20.3 Å². The summed E-state index contributed by atoms with van der Waals surface area (Å²) in [6.07, 6.45) is 1.83. The molecule has 2 aromatic rings. The summed E-state index contributed by atoms with van der Waals surface area (Å²) in [6, 6.07) is 15.7. The molecule has 3 rings (SSSR count). The molecule has 0 saturated carbocycles. The van der Waals surface area contributed by atoms with E-state index in [9.17, 15) is 14.4 Å². The predicted molar refractivity (Wildman–Crippen MR) is 128 cm³/mol. The Morgan fingerprint density at radius 1 is 1.00 bits per heavy atom. The molecule has 0 spiro atoms. The molecule has 1 aliphatic rings. The Labute approximate surface area is 195 Å². The SMILES string of the molecule is CC[C@H](C)[C@H](NC(=O)OCc1ccccc1)C(=O)NC(C)C(=O)N1CCCc2ccccc21. The van der Waals surface area contributed by atoms with Crippen LogP contribution < -0.4 is 15.5 Å². The number of amides is 3. The molecule has 3 amide bonds. The molecule has 3 atom stereocenters. The number of para-hydroxylation sites is 1. The first-order valence-electron chi connectivity index (χ1n) is 11.6. The van der Waals surface area contributed by atoms with E-state index < -0.39 is 24.1 Å². The van der Waals surface area contributed by atoms with Gasteiger partial charge >= 0.3 is 6.09 Å². The molecule has 1 aliphatic heterocycles. The fraction of sp³-hybridized carbons (Fsp3) is 0.423. The lowest BCUT2D eigenvalue weighted by Crippen LogP contribution is -2.55. The second-order valence-corrected chi connectivity index (χ2v) is 8.52. The molecule has 7 nitrogen and oxygen atoms in total. The van der Waals surface area contributed by atoms with E-state index >= 15 is 0 Å². The zero-order valence-electron chi connectivity index (χ0n) is 19.5. The molecule has 0 aromatic heterocycles. The van der Waals surface area contributed by atoms with Crippen LogP contribution in [0, 0.1) is 5.92 Å². The van der Waals surface area contributed by atoms with Crippen LogP contribution in [0.1, 0.15) is 44.7 Å². The highest BCUT2D eigenvalue weighted by Crippen LogP contribution is 2.27. The summed E-state index contributed by atoms with van der Waals surface area (Å²) in [5, 5.41) is 5.48. The summed E-state index contributed by atoms with van der Waals surface area (Å²) >= 11 is 0. The van der Waals surface area contributed by atoms with Crippen molar-refractivity contribution < 1.29 is 19.1 Å². The van der Waals surface area contributed by atoms with Gasteiger partial charge in [0.1, 0.15) is 18.7 Å². The first kappa shape index (κ1) is 24.3. The van der Waals surface area contributed by atoms with Crippen molar-refractivity contribution in [2.45, 2.75) is 58.7 Å². The third-order valence-electron chi connectivity index (χ3n) is 6.09. The third kappa shape index (κ3) is 6.34. The fourth-order valence-electron chi connectivity index (χ4n) is 3.95. The molecule has 176 valence electrons. The summed E-state index contributed by atoms with van der Waals surface area (Å²) in [4.78, 5) is 40.3. The monoisotopic (exact) mass is 451 g/mol. The van der Waals surface area contributed by atoms with Crippen LogP contribution in [-0.2, 0) is 27.4 Å². The van der Waals surface area contributed by atoms with Crippen LogP contribution in [0.15, 0.2) is 54.6 Å². The van der Waals surface area contributed by atoms with Crippen molar-refractivity contribution in [3.8, 4) is 0 Å². The van der Waals surface area contributed by atoms with Gasteiger partial charge in [-0.15, -0.1) is 0 Å². The molecule has 0 radical (unpaired) electrons. The van der Waals surface area contributed by atoms with Crippen LogP contribution in [-0.4, -0.2) is 36.5 Å². The predicted octanol–water partition coefficient (Wildman–Crippen LogP) is 3.81. The maximum absolute atomic E-state index is 13.1. The van der Waals surface area contributed by atoms with Gasteiger partial charge in [0.15, 0.2) is 0 Å². The highest BCUT2D eigenvalue weighted by molar-refractivity contribution is 6.00. The van der Waals surface area contributed by atoms with Crippen molar-refractivity contribution in [1.29, 1.82) is 0 Å². The first-order valence-corrected chi connectivity index (χ1v) is 11.6. The van der Waals surface area contributed by atoms with Crippen LogP contribution in [0.3, 0.4) is 0 Å². The summed E-state index contributed by atoms with van der Waals surface area (Å²) in [6.45, 7) is 6.24. The number of anilines is 1. The van der Waals surface area contributed by atoms with Crippen LogP contribution in [0.25, 0.3) is 0 Å². The van der Waals surface area contributed by atoms with E-state index in [1.807, 2.05) is 68.4 Å².